The van der Waals surface area contributed by atoms with Crippen molar-refractivity contribution in [2.75, 3.05) is 25.9 Å². The van der Waals surface area contributed by atoms with Crippen LogP contribution in [0.2, 0.25) is 0 Å². The quantitative estimate of drug-likeness (QED) is 0.584. The number of nitrogens with zero attached hydrogens (tertiary/aromatic N) is 2. The van der Waals surface area contributed by atoms with E-state index in [1.807, 2.05) is 11.8 Å². The van der Waals surface area contributed by atoms with Crippen molar-refractivity contribution < 1.29 is 4.79 Å². The Hall–Kier alpha value is -0.710. The summed E-state index contributed by atoms with van der Waals surface area (Å²) in [5.41, 5.74) is 0. The Bertz CT molecular complexity index is 241. The van der Waals surface area contributed by atoms with Crippen LogP contribution in [0, 0.1) is 0 Å². The largest absolute Gasteiger partial charge is 0.326 e. The monoisotopic (exact) mass is 185 g/mol. The van der Waals surface area contributed by atoms with Gasteiger partial charge in [0.25, 0.3) is 0 Å². The second-order valence-electron chi connectivity index (χ2n) is 2.94. The predicted octanol–water partition coefficient (Wildman–Crippen LogP) is 0.155. The molecule has 0 aliphatic carbocycles. The zero-order valence-corrected chi connectivity index (χ0v) is 7.73. The molecule has 2 amide bonds. The van der Waals surface area contributed by atoms with Gasteiger partial charge in [-0.25, -0.2) is 4.79 Å². The van der Waals surface area contributed by atoms with Gasteiger partial charge in [-0.2, -0.15) is 0 Å². The third kappa shape index (κ3) is 1.29. The molecule has 4 nitrogen and oxygen atoms in total. The van der Waals surface area contributed by atoms with Crippen LogP contribution >= 0.6 is 11.8 Å². The van der Waals surface area contributed by atoms with Crippen LogP contribution in [-0.2, 0) is 0 Å². The molecule has 2 heterocycles. The molecule has 0 aromatic rings. The van der Waals surface area contributed by atoms with Crippen molar-refractivity contribution in [3.05, 3.63) is 0 Å². The number of thioether (sulfide) groups is 1. The Labute approximate surface area is 75.4 Å². The van der Waals surface area contributed by atoms with Gasteiger partial charge in [-0.05, 0) is 0 Å². The van der Waals surface area contributed by atoms with Crippen molar-refractivity contribution >= 4 is 23.6 Å². The van der Waals surface area contributed by atoms with Crippen LogP contribution in [0.4, 0.5) is 4.79 Å². The minimum absolute atomic E-state index is 0.0347. The number of aliphatic imine (C=N–C) groups is 1. The highest BCUT2D eigenvalue weighted by atomic mass is 32.2. The Morgan fingerprint density at radius 1 is 1.75 bits per heavy atom. The molecule has 2 rings (SSSR count). The lowest BCUT2D eigenvalue weighted by molar-refractivity contribution is 0.211. The van der Waals surface area contributed by atoms with Crippen LogP contribution < -0.4 is 5.32 Å². The first kappa shape index (κ1) is 7.91. The van der Waals surface area contributed by atoms with E-state index < -0.39 is 0 Å². The summed E-state index contributed by atoms with van der Waals surface area (Å²) in [7, 11) is 1.81. The molecule has 0 saturated carbocycles. The van der Waals surface area contributed by atoms with Gasteiger partial charge in [-0.15, -0.1) is 11.8 Å². The molecule has 0 spiro atoms. The highest BCUT2D eigenvalue weighted by Gasteiger charge is 2.29. The van der Waals surface area contributed by atoms with E-state index >= 15 is 0 Å². The predicted molar refractivity (Wildman–Crippen MR) is 49.7 cm³/mol. The second-order valence-corrected chi connectivity index (χ2v) is 4.25. The minimum atomic E-state index is -0.0347. The van der Waals surface area contributed by atoms with Gasteiger partial charge in [0.1, 0.15) is 5.84 Å². The number of hydrogen-bond acceptors (Lipinski definition) is 3. The summed E-state index contributed by atoms with van der Waals surface area (Å²) in [6, 6.07) is -0.0347. The van der Waals surface area contributed by atoms with Crippen molar-refractivity contribution in [1.29, 1.82) is 0 Å². The Kier molecular flexibility index (Phi) is 1.96. The molecule has 0 aromatic heterocycles. The van der Waals surface area contributed by atoms with E-state index in [9.17, 15) is 4.79 Å². The highest BCUT2D eigenvalue weighted by molar-refractivity contribution is 8.00. The van der Waals surface area contributed by atoms with Crippen molar-refractivity contribution in [2.24, 2.45) is 4.99 Å². The van der Waals surface area contributed by atoms with Crippen molar-refractivity contribution in [3.63, 3.8) is 0 Å². The maximum atomic E-state index is 11.2. The van der Waals surface area contributed by atoms with Gasteiger partial charge in [-0.1, -0.05) is 0 Å². The molecule has 2 aliphatic heterocycles. The van der Waals surface area contributed by atoms with Gasteiger partial charge in [0.05, 0.1) is 11.8 Å². The van der Waals surface area contributed by atoms with E-state index in [-0.39, 0.29) is 6.03 Å². The van der Waals surface area contributed by atoms with Gasteiger partial charge < -0.3 is 4.90 Å². The fourth-order valence-corrected chi connectivity index (χ4v) is 2.44. The number of hydrogen-bond donors (Lipinski definition) is 1. The molecule has 1 unspecified atom stereocenters. The third-order valence-electron chi connectivity index (χ3n) is 2.02. The number of carbonyl (C=O) groups excluding carboxylic acids is 1. The zero-order valence-electron chi connectivity index (χ0n) is 6.91. The first-order valence-corrected chi connectivity index (χ1v) is 5.00. The molecule has 1 fully saturated rings. The van der Waals surface area contributed by atoms with E-state index in [0.717, 1.165) is 24.7 Å². The van der Waals surface area contributed by atoms with Gasteiger partial charge in [0.2, 0.25) is 0 Å². The molecule has 1 saturated heterocycles. The molecule has 2 aliphatic rings. The number of rotatable bonds is 0. The second kappa shape index (κ2) is 2.97. The van der Waals surface area contributed by atoms with Crippen LogP contribution in [0.25, 0.3) is 0 Å². The van der Waals surface area contributed by atoms with Gasteiger partial charge in [-0.3, -0.25) is 10.3 Å². The summed E-state index contributed by atoms with van der Waals surface area (Å²) in [6.45, 7) is 1.62. The average molecular weight is 185 g/mol. The number of urea groups is 1. The lowest BCUT2D eigenvalue weighted by Gasteiger charge is -2.33. The van der Waals surface area contributed by atoms with Gasteiger partial charge in [0, 0.05) is 19.3 Å². The first-order valence-electron chi connectivity index (χ1n) is 3.95. The summed E-state index contributed by atoms with van der Waals surface area (Å²) in [5.74, 6) is 1.94. The Morgan fingerprint density at radius 2 is 2.58 bits per heavy atom. The molecule has 1 atom stereocenters. The van der Waals surface area contributed by atoms with Crippen LogP contribution in [0.1, 0.15) is 0 Å². The van der Waals surface area contributed by atoms with E-state index in [2.05, 4.69) is 10.3 Å². The number of carbonyl (C=O) groups is 1. The molecular weight excluding hydrogens is 174 g/mol. The normalized spacial score (nSPS) is 29.1. The van der Waals surface area contributed by atoms with Crippen LogP contribution in [-0.4, -0.2) is 47.9 Å². The van der Waals surface area contributed by atoms with Crippen LogP contribution in [0.5, 0.6) is 0 Å². The topological polar surface area (TPSA) is 44.7 Å². The lowest BCUT2D eigenvalue weighted by Crippen LogP contribution is -2.55. The summed E-state index contributed by atoms with van der Waals surface area (Å²) >= 11 is 1.87. The minimum Gasteiger partial charge on any atom is -0.326 e. The van der Waals surface area contributed by atoms with Crippen molar-refractivity contribution in [2.45, 2.75) is 5.25 Å². The number of amidine groups is 1. The molecule has 0 bridgehead atoms. The lowest BCUT2D eigenvalue weighted by atomic mass is 10.3. The van der Waals surface area contributed by atoms with Crippen molar-refractivity contribution in [1.82, 2.24) is 10.2 Å². The number of nitrogens with one attached hydrogen (secondary N) is 1. The van der Waals surface area contributed by atoms with E-state index in [4.69, 9.17) is 0 Å². The van der Waals surface area contributed by atoms with Crippen LogP contribution in [0.15, 0.2) is 4.99 Å². The smallest absolute Gasteiger partial charge is 0.322 e. The fraction of sp³-hybridized carbons (Fsp3) is 0.714. The molecule has 0 radical (unpaired) electrons. The molecular formula is C7H11N3OS. The molecule has 0 aromatic carbocycles. The first-order chi connectivity index (χ1) is 5.77. The van der Waals surface area contributed by atoms with Gasteiger partial charge >= 0.3 is 6.03 Å². The van der Waals surface area contributed by atoms with E-state index in [0.29, 0.717) is 5.25 Å². The fourth-order valence-electron chi connectivity index (χ4n) is 1.34. The summed E-state index contributed by atoms with van der Waals surface area (Å²) in [4.78, 5) is 17.1. The summed E-state index contributed by atoms with van der Waals surface area (Å²) < 4.78 is 0. The standard InChI is InChI=1S/C7H11N3OS/c1-10-4-5-6(9-7(10)11)8-2-3-12-5/h5H,2-4H2,1H3,(H,8,9,11). The Balaban J connectivity index is 2.15. The zero-order chi connectivity index (χ0) is 8.55. The maximum absolute atomic E-state index is 11.2. The number of amides is 2. The maximum Gasteiger partial charge on any atom is 0.322 e. The molecule has 66 valence electrons. The Morgan fingerprint density at radius 3 is 3.42 bits per heavy atom. The number of fused-ring (bicyclic) bond motifs is 1. The molecule has 12 heavy (non-hydrogen) atoms. The highest BCUT2D eigenvalue weighted by Crippen LogP contribution is 2.19. The summed E-state index contributed by atoms with van der Waals surface area (Å²) in [5, 5.41) is 3.16. The van der Waals surface area contributed by atoms with Crippen LogP contribution in [0.3, 0.4) is 0 Å². The molecule has 1 N–H and O–H groups in total. The van der Waals surface area contributed by atoms with E-state index in [1.54, 1.807) is 11.9 Å². The average Bonchev–Trinajstić information content (AvgIpc) is 2.07. The third-order valence-corrected chi connectivity index (χ3v) is 3.21. The SMILES string of the molecule is CN1CC2SCCN=C2NC1=O. The van der Waals surface area contributed by atoms with Crippen molar-refractivity contribution in [3.8, 4) is 0 Å². The van der Waals surface area contributed by atoms with E-state index in [1.165, 1.54) is 0 Å². The molecule has 5 heteroatoms. The van der Waals surface area contributed by atoms with Gasteiger partial charge in [0.15, 0.2) is 0 Å². The summed E-state index contributed by atoms with van der Waals surface area (Å²) in [6.07, 6.45) is 0.